The van der Waals surface area contributed by atoms with Crippen LogP contribution in [0.25, 0.3) is 6.08 Å². The van der Waals surface area contributed by atoms with Crippen LogP contribution in [0.3, 0.4) is 0 Å². The van der Waals surface area contributed by atoms with Crippen molar-refractivity contribution in [3.8, 4) is 0 Å². The smallest absolute Gasteiger partial charge is 0.0687 e. The van der Waals surface area contributed by atoms with Gasteiger partial charge in [-0.15, -0.1) is 0 Å². The first-order valence-corrected chi connectivity index (χ1v) is 8.49. The van der Waals surface area contributed by atoms with Gasteiger partial charge in [0.2, 0.25) is 0 Å². The van der Waals surface area contributed by atoms with Crippen LogP contribution in [0.5, 0.6) is 0 Å². The van der Waals surface area contributed by atoms with Gasteiger partial charge in [0.15, 0.2) is 0 Å². The molecule has 0 aromatic heterocycles. The molecule has 1 aromatic rings. The molecule has 0 radical (unpaired) electrons. The fraction of sp³-hybridized carbons (Fsp3) is 0.333. The predicted molar refractivity (Wildman–Crippen MR) is 64.7 cm³/mol. The van der Waals surface area contributed by atoms with Gasteiger partial charge in [0.1, 0.15) is 0 Å². The predicted octanol–water partition coefficient (Wildman–Crippen LogP) is 3.07. The summed E-state index contributed by atoms with van der Waals surface area (Å²) in [4.78, 5) is 0. The lowest BCUT2D eigenvalue weighted by Crippen LogP contribution is -2.15. The van der Waals surface area contributed by atoms with Gasteiger partial charge < -0.3 is 5.11 Å². The summed E-state index contributed by atoms with van der Waals surface area (Å²) < 4.78 is 0. The molecular formula is C12H18OSi. The molecular weight excluding hydrogens is 188 g/mol. The van der Waals surface area contributed by atoms with E-state index in [1.165, 1.54) is 0 Å². The molecule has 0 aliphatic heterocycles. The summed E-state index contributed by atoms with van der Waals surface area (Å²) in [6, 6.07) is 7.96. The number of aliphatic hydroxyl groups excluding tert-OH is 1. The van der Waals surface area contributed by atoms with Gasteiger partial charge in [0.25, 0.3) is 0 Å². The number of benzene rings is 1. The zero-order valence-corrected chi connectivity index (χ0v) is 10.1. The Morgan fingerprint density at radius 1 is 1.21 bits per heavy atom. The lowest BCUT2D eigenvalue weighted by atomic mass is 10.1. The van der Waals surface area contributed by atoms with Crippen molar-refractivity contribution in [3.63, 3.8) is 0 Å². The van der Waals surface area contributed by atoms with Crippen LogP contribution in [0.4, 0.5) is 0 Å². The van der Waals surface area contributed by atoms with Crippen molar-refractivity contribution in [1.29, 1.82) is 0 Å². The molecule has 0 saturated carbocycles. The van der Waals surface area contributed by atoms with Crippen molar-refractivity contribution < 1.29 is 5.11 Å². The average Bonchev–Trinajstić information content (AvgIpc) is 2.14. The molecule has 0 fully saturated rings. The first-order valence-electron chi connectivity index (χ1n) is 4.91. The number of hydrogen-bond donors (Lipinski definition) is 1. The summed E-state index contributed by atoms with van der Waals surface area (Å²) in [5, 5.41) is 9.13. The Morgan fingerprint density at radius 2 is 1.86 bits per heavy atom. The molecule has 0 saturated heterocycles. The summed E-state index contributed by atoms with van der Waals surface area (Å²) in [5.41, 5.74) is 4.43. The molecule has 1 rings (SSSR count). The molecule has 1 N–H and O–H groups in total. The summed E-state index contributed by atoms with van der Waals surface area (Å²) in [6.45, 7) is 7.01. The number of rotatable bonds is 3. The van der Waals surface area contributed by atoms with Gasteiger partial charge in [0, 0.05) is 0 Å². The van der Waals surface area contributed by atoms with Crippen molar-refractivity contribution in [1.82, 2.24) is 0 Å². The fourth-order valence-corrected chi connectivity index (χ4v) is 1.86. The van der Waals surface area contributed by atoms with E-state index in [4.69, 9.17) is 5.11 Å². The van der Waals surface area contributed by atoms with Crippen LogP contribution < -0.4 is 0 Å². The Kier molecular flexibility index (Phi) is 3.67. The fourth-order valence-electron chi connectivity index (χ4n) is 1.18. The molecule has 0 aliphatic rings. The molecule has 2 heteroatoms. The van der Waals surface area contributed by atoms with Gasteiger partial charge in [-0.1, -0.05) is 55.7 Å². The molecule has 14 heavy (non-hydrogen) atoms. The van der Waals surface area contributed by atoms with E-state index < -0.39 is 8.07 Å². The van der Waals surface area contributed by atoms with Crippen LogP contribution in [0, 0.1) is 0 Å². The minimum absolute atomic E-state index is 0.117. The monoisotopic (exact) mass is 206 g/mol. The van der Waals surface area contributed by atoms with Crippen molar-refractivity contribution in [2.24, 2.45) is 0 Å². The molecule has 0 amide bonds. The van der Waals surface area contributed by atoms with Gasteiger partial charge in [-0.05, 0) is 11.1 Å². The van der Waals surface area contributed by atoms with E-state index in [0.29, 0.717) is 0 Å². The highest BCUT2D eigenvalue weighted by atomic mass is 28.3. The quantitative estimate of drug-likeness (QED) is 0.754. The standard InChI is InChI=1S/C12H18OSi/c1-14(2,3)9-8-11-6-4-5-7-12(11)10-13/h4-9,13H,10H2,1-3H3/b9-8+. The molecule has 76 valence electrons. The summed E-state index contributed by atoms with van der Waals surface area (Å²) >= 11 is 0. The minimum atomic E-state index is -1.14. The molecule has 0 aliphatic carbocycles. The Morgan fingerprint density at radius 3 is 2.43 bits per heavy atom. The SMILES string of the molecule is C[Si](C)(C)/C=C/c1ccccc1CO. The second-order valence-corrected chi connectivity index (χ2v) is 9.62. The lowest BCUT2D eigenvalue weighted by Gasteiger charge is -2.09. The molecule has 1 nitrogen and oxygen atoms in total. The van der Waals surface area contributed by atoms with E-state index in [0.717, 1.165) is 11.1 Å². The Balaban J connectivity index is 2.91. The van der Waals surface area contributed by atoms with Crippen LogP contribution in [0.1, 0.15) is 11.1 Å². The van der Waals surface area contributed by atoms with E-state index in [-0.39, 0.29) is 6.61 Å². The van der Waals surface area contributed by atoms with Gasteiger partial charge in [-0.2, -0.15) is 0 Å². The van der Waals surface area contributed by atoms with Crippen molar-refractivity contribution in [2.75, 3.05) is 0 Å². The van der Waals surface area contributed by atoms with E-state index in [1.54, 1.807) is 0 Å². The number of aliphatic hydroxyl groups is 1. The van der Waals surface area contributed by atoms with Crippen LogP contribution in [-0.4, -0.2) is 13.2 Å². The third-order valence-corrected chi connectivity index (χ3v) is 3.15. The molecule has 0 bridgehead atoms. The topological polar surface area (TPSA) is 20.2 Å². The van der Waals surface area contributed by atoms with Crippen LogP contribution in [0.15, 0.2) is 30.0 Å². The maximum atomic E-state index is 9.13. The highest BCUT2D eigenvalue weighted by Gasteiger charge is 2.07. The first kappa shape index (κ1) is 11.2. The van der Waals surface area contributed by atoms with Crippen LogP contribution in [-0.2, 0) is 6.61 Å². The highest BCUT2D eigenvalue weighted by molar-refractivity contribution is 6.81. The van der Waals surface area contributed by atoms with E-state index in [2.05, 4.69) is 31.4 Å². The van der Waals surface area contributed by atoms with Crippen molar-refractivity contribution >= 4 is 14.1 Å². The maximum absolute atomic E-state index is 9.13. The van der Waals surface area contributed by atoms with Gasteiger partial charge in [-0.3, -0.25) is 0 Å². The minimum Gasteiger partial charge on any atom is -0.392 e. The molecule has 0 spiro atoms. The Labute approximate surface area is 87.1 Å². The van der Waals surface area contributed by atoms with Crippen LogP contribution >= 0.6 is 0 Å². The molecule has 0 heterocycles. The summed E-state index contributed by atoms with van der Waals surface area (Å²) in [5.74, 6) is 0. The molecule has 1 aromatic carbocycles. The normalized spacial score (nSPS) is 12.3. The van der Waals surface area contributed by atoms with Gasteiger partial charge >= 0.3 is 0 Å². The first-order chi connectivity index (χ1) is 6.53. The maximum Gasteiger partial charge on any atom is 0.0687 e. The van der Waals surface area contributed by atoms with Crippen molar-refractivity contribution in [3.05, 3.63) is 41.1 Å². The van der Waals surface area contributed by atoms with Gasteiger partial charge in [0.05, 0.1) is 14.7 Å². The largest absolute Gasteiger partial charge is 0.392 e. The van der Waals surface area contributed by atoms with Gasteiger partial charge in [-0.25, -0.2) is 0 Å². The third kappa shape index (κ3) is 3.48. The average molecular weight is 206 g/mol. The zero-order valence-electron chi connectivity index (χ0n) is 9.12. The van der Waals surface area contributed by atoms with Crippen LogP contribution in [0.2, 0.25) is 19.6 Å². The zero-order chi connectivity index (χ0) is 10.6. The lowest BCUT2D eigenvalue weighted by molar-refractivity contribution is 0.281. The third-order valence-electron chi connectivity index (χ3n) is 1.99. The highest BCUT2D eigenvalue weighted by Crippen LogP contribution is 2.13. The Hall–Kier alpha value is -0.863. The number of hydrogen-bond acceptors (Lipinski definition) is 1. The second kappa shape index (κ2) is 4.58. The molecule has 0 unspecified atom stereocenters. The van der Waals surface area contributed by atoms with E-state index in [1.807, 2.05) is 24.3 Å². The molecule has 0 atom stereocenters. The Bertz CT molecular complexity index is 323. The van der Waals surface area contributed by atoms with Crippen molar-refractivity contribution in [2.45, 2.75) is 26.2 Å². The van der Waals surface area contributed by atoms with E-state index in [9.17, 15) is 0 Å². The second-order valence-electron chi connectivity index (χ2n) is 4.56. The van der Waals surface area contributed by atoms with E-state index >= 15 is 0 Å². The summed E-state index contributed by atoms with van der Waals surface area (Å²) in [6.07, 6.45) is 2.14. The summed E-state index contributed by atoms with van der Waals surface area (Å²) in [7, 11) is -1.14.